The maximum atomic E-state index is 12.0. The van der Waals surface area contributed by atoms with E-state index < -0.39 is 27.2 Å². The summed E-state index contributed by atoms with van der Waals surface area (Å²) in [6.45, 7) is 5.19. The second-order valence-electron chi connectivity index (χ2n) is 6.55. The molecule has 0 heterocycles. The van der Waals surface area contributed by atoms with E-state index in [2.05, 4.69) is 5.32 Å². The predicted octanol–water partition coefficient (Wildman–Crippen LogP) is 1.52. The molecule has 0 aromatic heterocycles. The van der Waals surface area contributed by atoms with E-state index in [1.807, 2.05) is 7.05 Å². The van der Waals surface area contributed by atoms with Crippen LogP contribution in [0.5, 0.6) is 0 Å². The van der Waals surface area contributed by atoms with Gasteiger partial charge in [0, 0.05) is 6.04 Å². The van der Waals surface area contributed by atoms with Crippen molar-refractivity contribution in [2.24, 2.45) is 5.92 Å². The van der Waals surface area contributed by atoms with Gasteiger partial charge in [0.05, 0.1) is 5.75 Å². The Morgan fingerprint density at radius 2 is 1.95 bits per heavy atom. The molecule has 1 rings (SSSR count). The molecule has 0 saturated heterocycles. The number of carbonyl (C=O) groups excluding carboxylic acids is 1. The molecule has 2 atom stereocenters. The van der Waals surface area contributed by atoms with Gasteiger partial charge in [-0.25, -0.2) is 8.42 Å². The van der Waals surface area contributed by atoms with Crippen molar-refractivity contribution in [1.29, 1.82) is 0 Å². The van der Waals surface area contributed by atoms with Gasteiger partial charge in [0.2, 0.25) is 0 Å². The number of esters is 1. The van der Waals surface area contributed by atoms with Crippen LogP contribution >= 0.6 is 0 Å². The van der Waals surface area contributed by atoms with Crippen LogP contribution in [0.1, 0.15) is 46.5 Å². The van der Waals surface area contributed by atoms with Crippen molar-refractivity contribution in [2.45, 2.75) is 58.1 Å². The summed E-state index contributed by atoms with van der Waals surface area (Å²) in [7, 11) is -1.46. The Morgan fingerprint density at radius 1 is 1.30 bits per heavy atom. The lowest BCUT2D eigenvalue weighted by Gasteiger charge is -2.20. The minimum atomic E-state index is -3.37. The molecule has 0 aliphatic heterocycles. The zero-order valence-corrected chi connectivity index (χ0v) is 13.8. The fourth-order valence-corrected chi connectivity index (χ4v) is 3.94. The first-order valence-electron chi connectivity index (χ1n) is 7.22. The van der Waals surface area contributed by atoms with Crippen molar-refractivity contribution in [3.63, 3.8) is 0 Å². The Bertz CT molecular complexity index is 425. The van der Waals surface area contributed by atoms with Crippen LogP contribution < -0.4 is 5.32 Å². The van der Waals surface area contributed by atoms with Crippen LogP contribution in [0.25, 0.3) is 0 Å². The van der Waals surface area contributed by atoms with Gasteiger partial charge in [-0.05, 0) is 53.0 Å². The largest absolute Gasteiger partial charge is 0.459 e. The number of carbonyl (C=O) groups is 1. The number of rotatable bonds is 6. The number of sulfone groups is 1. The molecule has 1 fully saturated rings. The highest BCUT2D eigenvalue weighted by Gasteiger charge is 2.28. The number of hydrogen-bond acceptors (Lipinski definition) is 5. The Labute approximate surface area is 122 Å². The first-order chi connectivity index (χ1) is 9.13. The minimum Gasteiger partial charge on any atom is -0.459 e. The Hall–Kier alpha value is -0.620. The van der Waals surface area contributed by atoms with Crippen LogP contribution in [-0.2, 0) is 19.4 Å². The minimum absolute atomic E-state index is 0.0646. The molecule has 6 heteroatoms. The van der Waals surface area contributed by atoms with Crippen molar-refractivity contribution in [3.05, 3.63) is 0 Å². The zero-order valence-electron chi connectivity index (χ0n) is 12.9. The van der Waals surface area contributed by atoms with Gasteiger partial charge in [0.1, 0.15) is 11.4 Å². The van der Waals surface area contributed by atoms with Crippen molar-refractivity contribution in [1.82, 2.24) is 5.32 Å². The summed E-state index contributed by atoms with van der Waals surface area (Å²) in [5.74, 6) is -0.710. The van der Waals surface area contributed by atoms with E-state index in [-0.39, 0.29) is 5.75 Å². The van der Waals surface area contributed by atoms with Crippen LogP contribution in [-0.4, -0.2) is 44.6 Å². The molecule has 0 aromatic rings. The van der Waals surface area contributed by atoms with Crippen LogP contribution in [0.3, 0.4) is 0 Å². The smallest absolute Gasteiger partial charge is 0.321 e. The van der Waals surface area contributed by atoms with Crippen molar-refractivity contribution >= 4 is 15.8 Å². The van der Waals surface area contributed by atoms with Gasteiger partial charge in [-0.15, -0.1) is 0 Å². The number of ether oxygens (including phenoxy) is 1. The molecule has 2 unspecified atom stereocenters. The standard InChI is InChI=1S/C14H27NO4S/c1-14(2,3)19-13(16)10-20(17,18)9-8-11-6-5-7-12(11)15-4/h11-12,15H,5-10H2,1-4H3. The fourth-order valence-electron chi connectivity index (χ4n) is 2.72. The van der Waals surface area contributed by atoms with E-state index in [1.54, 1.807) is 20.8 Å². The van der Waals surface area contributed by atoms with Gasteiger partial charge < -0.3 is 10.1 Å². The molecule has 0 aromatic carbocycles. The first-order valence-corrected chi connectivity index (χ1v) is 9.04. The van der Waals surface area contributed by atoms with E-state index >= 15 is 0 Å². The molecule has 0 amide bonds. The third-order valence-electron chi connectivity index (χ3n) is 3.59. The monoisotopic (exact) mass is 305 g/mol. The third kappa shape index (κ3) is 6.22. The molecular formula is C14H27NO4S. The summed E-state index contributed by atoms with van der Waals surface area (Å²) < 4.78 is 29.0. The van der Waals surface area contributed by atoms with E-state index in [4.69, 9.17) is 4.74 Å². The molecule has 20 heavy (non-hydrogen) atoms. The number of nitrogens with one attached hydrogen (secondary N) is 1. The predicted molar refractivity (Wildman–Crippen MR) is 79.3 cm³/mol. The summed E-state index contributed by atoms with van der Waals surface area (Å²) in [5.41, 5.74) is -0.644. The highest BCUT2D eigenvalue weighted by molar-refractivity contribution is 7.92. The highest BCUT2D eigenvalue weighted by atomic mass is 32.2. The second-order valence-corrected chi connectivity index (χ2v) is 8.74. The van der Waals surface area contributed by atoms with Crippen LogP contribution in [0, 0.1) is 5.92 Å². The molecule has 1 aliphatic rings. The Morgan fingerprint density at radius 3 is 2.50 bits per heavy atom. The third-order valence-corrected chi connectivity index (χ3v) is 5.12. The van der Waals surface area contributed by atoms with Crippen molar-refractivity contribution in [3.8, 4) is 0 Å². The van der Waals surface area contributed by atoms with Gasteiger partial charge in [0.25, 0.3) is 0 Å². The van der Waals surface area contributed by atoms with Crippen molar-refractivity contribution in [2.75, 3.05) is 18.6 Å². The highest BCUT2D eigenvalue weighted by Crippen LogP contribution is 2.28. The first kappa shape index (κ1) is 17.4. The molecule has 1 aliphatic carbocycles. The lowest BCUT2D eigenvalue weighted by Crippen LogP contribution is -2.32. The lowest BCUT2D eigenvalue weighted by atomic mass is 10.0. The summed E-state index contributed by atoms with van der Waals surface area (Å²) >= 11 is 0. The van der Waals surface area contributed by atoms with Gasteiger partial charge in [0.15, 0.2) is 9.84 Å². The summed E-state index contributed by atoms with van der Waals surface area (Å²) in [6, 6.07) is 0.409. The quantitative estimate of drug-likeness (QED) is 0.753. The van der Waals surface area contributed by atoms with E-state index in [1.165, 1.54) is 0 Å². The van der Waals surface area contributed by atoms with E-state index in [0.717, 1.165) is 19.3 Å². The normalized spacial score (nSPS) is 23.8. The summed E-state index contributed by atoms with van der Waals surface area (Å²) in [4.78, 5) is 11.6. The van der Waals surface area contributed by atoms with Gasteiger partial charge in [-0.1, -0.05) is 6.42 Å². The summed E-state index contributed by atoms with van der Waals surface area (Å²) in [5, 5.41) is 3.24. The molecule has 0 bridgehead atoms. The maximum Gasteiger partial charge on any atom is 0.321 e. The molecule has 5 nitrogen and oxygen atoms in total. The fraction of sp³-hybridized carbons (Fsp3) is 0.929. The number of hydrogen-bond donors (Lipinski definition) is 1. The van der Waals surface area contributed by atoms with E-state index in [9.17, 15) is 13.2 Å². The topological polar surface area (TPSA) is 72.5 Å². The average Bonchev–Trinajstić information content (AvgIpc) is 2.70. The van der Waals surface area contributed by atoms with Crippen LogP contribution in [0.2, 0.25) is 0 Å². The molecule has 1 N–H and O–H groups in total. The molecular weight excluding hydrogens is 278 g/mol. The Kier molecular flexibility index (Phi) is 6.01. The molecule has 0 spiro atoms. The van der Waals surface area contributed by atoms with Crippen molar-refractivity contribution < 1.29 is 17.9 Å². The lowest BCUT2D eigenvalue weighted by molar-refractivity contribution is -0.151. The molecule has 118 valence electrons. The van der Waals surface area contributed by atoms with Gasteiger partial charge in [-0.3, -0.25) is 4.79 Å². The summed E-state index contributed by atoms with van der Waals surface area (Å²) in [6.07, 6.45) is 3.93. The SMILES string of the molecule is CNC1CCCC1CCS(=O)(=O)CC(=O)OC(C)(C)C. The average molecular weight is 305 g/mol. The zero-order chi connectivity index (χ0) is 15.4. The van der Waals surface area contributed by atoms with Crippen LogP contribution in [0.15, 0.2) is 0 Å². The van der Waals surface area contributed by atoms with Gasteiger partial charge in [-0.2, -0.15) is 0 Å². The van der Waals surface area contributed by atoms with Gasteiger partial charge >= 0.3 is 5.97 Å². The maximum absolute atomic E-state index is 12.0. The Balaban J connectivity index is 2.44. The molecule has 1 saturated carbocycles. The van der Waals surface area contributed by atoms with E-state index in [0.29, 0.717) is 18.4 Å². The van der Waals surface area contributed by atoms with Crippen LogP contribution in [0.4, 0.5) is 0 Å². The second kappa shape index (κ2) is 6.89. The molecule has 0 radical (unpaired) electrons.